The Morgan fingerprint density at radius 2 is 1.10 bits per heavy atom. The smallest absolute Gasteiger partial charge is 0.415 e. The van der Waals surface area contributed by atoms with Crippen LogP contribution in [0.2, 0.25) is 0 Å². The molecule has 8 rings (SSSR count). The quantitative estimate of drug-likeness (QED) is 0.153. The van der Waals surface area contributed by atoms with Gasteiger partial charge in [-0.25, -0.2) is 9.97 Å². The number of pyridine rings is 3. The zero-order chi connectivity index (χ0) is 41.5. The van der Waals surface area contributed by atoms with Crippen LogP contribution in [0, 0.1) is 12.1 Å². The second-order valence-corrected chi connectivity index (χ2v) is 14.5. The molecule has 1 radical (unpaired) electrons. The van der Waals surface area contributed by atoms with Crippen molar-refractivity contribution in [3.05, 3.63) is 181 Å². The minimum atomic E-state index is -4.51. The van der Waals surface area contributed by atoms with Crippen LogP contribution in [0.25, 0.3) is 67.5 Å². The Balaban J connectivity index is 0.000000218. The predicted octanol–water partition coefficient (Wildman–Crippen LogP) is 12.9. The molecule has 4 heterocycles. The van der Waals surface area contributed by atoms with E-state index in [0.29, 0.717) is 17.4 Å². The molecular formula is C50H40F3IrN5O-2. The minimum Gasteiger partial charge on any atom is -0.507 e. The molecule has 0 spiro atoms. The van der Waals surface area contributed by atoms with E-state index in [0.717, 1.165) is 51.6 Å². The molecule has 60 heavy (non-hydrogen) atoms. The number of aromatic nitrogens is 5. The first-order valence-corrected chi connectivity index (χ1v) is 19.2. The molecule has 10 heteroatoms. The van der Waals surface area contributed by atoms with Gasteiger partial charge < -0.3 is 5.11 Å². The van der Waals surface area contributed by atoms with Gasteiger partial charge in [-0.1, -0.05) is 86.8 Å². The molecule has 0 aliphatic heterocycles. The van der Waals surface area contributed by atoms with Crippen molar-refractivity contribution < 1.29 is 38.4 Å². The van der Waals surface area contributed by atoms with Crippen molar-refractivity contribution in [2.24, 2.45) is 0 Å². The molecular weight excluding hydrogens is 936 g/mol. The van der Waals surface area contributed by atoms with Crippen LogP contribution >= 0.6 is 0 Å². The molecule has 0 aliphatic rings. The largest absolute Gasteiger partial charge is 0.507 e. The molecule has 303 valence electrons. The number of hydrogen-bond donors (Lipinski definition) is 1. The fraction of sp³-hybridized carbons (Fsp3) is 0.140. The number of para-hydroxylation sites is 1. The first kappa shape index (κ1) is 43.2. The zero-order valence-corrected chi connectivity index (χ0v) is 35.6. The molecule has 1 N–H and O–H groups in total. The second-order valence-electron chi connectivity index (χ2n) is 14.5. The summed E-state index contributed by atoms with van der Waals surface area (Å²) >= 11 is 0. The Labute approximate surface area is 361 Å². The van der Waals surface area contributed by atoms with E-state index in [-0.39, 0.29) is 42.8 Å². The Morgan fingerprint density at radius 1 is 0.550 bits per heavy atom. The maximum absolute atomic E-state index is 13.2. The summed E-state index contributed by atoms with van der Waals surface area (Å²) in [6.07, 6.45) is 2.73. The van der Waals surface area contributed by atoms with Crippen LogP contribution in [0.3, 0.4) is 0 Å². The average molecular weight is 976 g/mol. The van der Waals surface area contributed by atoms with Crippen molar-refractivity contribution in [1.29, 1.82) is 0 Å². The summed E-state index contributed by atoms with van der Waals surface area (Å²) in [6.45, 7) is 8.97. The monoisotopic (exact) mass is 976 g/mol. The van der Waals surface area contributed by atoms with Gasteiger partial charge in [-0.2, -0.15) is 13.2 Å². The third-order valence-electron chi connectivity index (χ3n) is 9.62. The van der Waals surface area contributed by atoms with Gasteiger partial charge in [0.15, 0.2) is 5.82 Å². The van der Waals surface area contributed by atoms with Gasteiger partial charge in [0.1, 0.15) is 5.75 Å². The van der Waals surface area contributed by atoms with E-state index in [1.54, 1.807) is 48.8 Å². The third kappa shape index (κ3) is 10.1. The van der Waals surface area contributed by atoms with Gasteiger partial charge >= 0.3 is 6.18 Å². The molecule has 6 nitrogen and oxygen atoms in total. The van der Waals surface area contributed by atoms with Gasteiger partial charge in [0.05, 0.1) is 11.3 Å². The molecule has 0 atom stereocenters. The summed E-state index contributed by atoms with van der Waals surface area (Å²) in [5.74, 6) is 1.24. The Morgan fingerprint density at radius 3 is 1.62 bits per heavy atom. The third-order valence-corrected chi connectivity index (χ3v) is 9.62. The average Bonchev–Trinajstić information content (AvgIpc) is 3.27. The standard InChI is InChI=1S/C32H29N4.C18H11F3NO.Ir/c1-21(2)27-19-26(32-35-14-9-15-36-32)20-28(22(3)4)31(27)25-17-23(29-10-5-7-12-33-29)16-24(18-25)30-11-6-8-13-34-30;19-18(20,21)13-10-15(12-6-2-1-3-7-12)22-16(11-13)14-8-4-5-9-17(14)23;/h5-15,17-22H,1-4H3;1-6,8-11,23H;/q2*-1;. The number of halogens is 3. The van der Waals surface area contributed by atoms with Gasteiger partial charge in [0.25, 0.3) is 0 Å². The number of hydrogen-bond acceptors (Lipinski definition) is 6. The van der Waals surface area contributed by atoms with E-state index < -0.39 is 11.7 Å². The van der Waals surface area contributed by atoms with Crippen LogP contribution in [-0.4, -0.2) is 30.0 Å². The van der Waals surface area contributed by atoms with Crippen LogP contribution in [0.4, 0.5) is 13.2 Å². The zero-order valence-electron chi connectivity index (χ0n) is 33.2. The molecule has 0 fully saturated rings. The van der Waals surface area contributed by atoms with Crippen molar-refractivity contribution in [1.82, 2.24) is 24.9 Å². The number of phenols is 1. The predicted molar refractivity (Wildman–Crippen MR) is 227 cm³/mol. The van der Waals surface area contributed by atoms with E-state index in [9.17, 15) is 18.3 Å². The summed E-state index contributed by atoms with van der Waals surface area (Å²) < 4.78 is 39.5. The Kier molecular flexibility index (Phi) is 13.8. The van der Waals surface area contributed by atoms with E-state index >= 15 is 0 Å². The van der Waals surface area contributed by atoms with Crippen LogP contribution in [0.15, 0.2) is 152 Å². The van der Waals surface area contributed by atoms with Crippen LogP contribution in [-0.2, 0) is 26.3 Å². The fourth-order valence-electron chi connectivity index (χ4n) is 6.76. The van der Waals surface area contributed by atoms with Crippen molar-refractivity contribution in [3.8, 4) is 73.3 Å². The fourth-order valence-corrected chi connectivity index (χ4v) is 6.76. The maximum Gasteiger partial charge on any atom is 0.415 e. The van der Waals surface area contributed by atoms with Crippen LogP contribution in [0.5, 0.6) is 5.75 Å². The first-order chi connectivity index (χ1) is 28.5. The molecule has 4 aromatic heterocycles. The van der Waals surface area contributed by atoms with E-state index in [1.165, 1.54) is 28.8 Å². The maximum atomic E-state index is 13.2. The number of alkyl halides is 3. The van der Waals surface area contributed by atoms with Crippen LogP contribution in [0.1, 0.15) is 56.2 Å². The molecule has 0 amide bonds. The SMILES string of the molecule is CC(C)c1cc(-c2ncccn2)cc(C(C)C)c1-c1cc(-c2ccccn2)[c-]c(-c2ccccn2)c1.Oc1ccccc1-c1cc(C(F)(F)F)cc(-c2[c-]cccc2)n1.[Ir]. The molecule has 0 saturated heterocycles. The number of rotatable bonds is 8. The number of aromatic hydroxyl groups is 1. The number of nitrogens with zero attached hydrogens (tertiary/aromatic N) is 5. The van der Waals surface area contributed by atoms with Crippen molar-refractivity contribution in [2.45, 2.75) is 45.7 Å². The minimum absolute atomic E-state index is 0. The first-order valence-electron chi connectivity index (χ1n) is 19.2. The van der Waals surface area contributed by atoms with Gasteiger partial charge in [0.2, 0.25) is 0 Å². The number of benzene rings is 4. The Hall–Kier alpha value is -6.35. The van der Waals surface area contributed by atoms with E-state index in [1.807, 2.05) is 54.9 Å². The molecule has 0 saturated carbocycles. The summed E-state index contributed by atoms with van der Waals surface area (Å²) in [5.41, 5.74) is 9.76. The van der Waals surface area contributed by atoms with E-state index in [2.05, 4.69) is 89.0 Å². The Bertz CT molecular complexity index is 2570. The van der Waals surface area contributed by atoms with Gasteiger partial charge in [-0.15, -0.1) is 54.1 Å². The normalized spacial score (nSPS) is 11.2. The number of phenolic OH excluding ortho intramolecular Hbond substituents is 1. The molecule has 0 bridgehead atoms. The van der Waals surface area contributed by atoms with Crippen molar-refractivity contribution >= 4 is 0 Å². The van der Waals surface area contributed by atoms with Crippen LogP contribution < -0.4 is 0 Å². The summed E-state index contributed by atoms with van der Waals surface area (Å²) in [7, 11) is 0. The molecule has 4 aromatic carbocycles. The second kappa shape index (κ2) is 19.1. The summed E-state index contributed by atoms with van der Waals surface area (Å²) in [4.78, 5) is 22.5. The molecule has 0 aliphatic carbocycles. The summed E-state index contributed by atoms with van der Waals surface area (Å²) in [6, 6.07) is 43.9. The topological polar surface area (TPSA) is 84.7 Å². The van der Waals surface area contributed by atoms with Crippen molar-refractivity contribution in [2.75, 3.05) is 0 Å². The molecule has 8 aromatic rings. The summed E-state index contributed by atoms with van der Waals surface area (Å²) in [5, 5.41) is 9.89. The van der Waals surface area contributed by atoms with Gasteiger partial charge in [0, 0.05) is 67.4 Å². The van der Waals surface area contributed by atoms with Crippen molar-refractivity contribution in [3.63, 3.8) is 0 Å². The molecule has 0 unspecified atom stereocenters. The van der Waals surface area contributed by atoms with E-state index in [4.69, 9.17) is 0 Å². The van der Waals surface area contributed by atoms with Gasteiger partial charge in [-0.3, -0.25) is 15.0 Å². The van der Waals surface area contributed by atoms with Gasteiger partial charge in [-0.05, 0) is 82.8 Å².